The fourth-order valence-corrected chi connectivity index (χ4v) is 3.41. The summed E-state index contributed by atoms with van der Waals surface area (Å²) >= 11 is 0. The Morgan fingerprint density at radius 3 is 2.05 bits per heavy atom. The molecule has 9 N–H and O–H groups in total. The van der Waals surface area contributed by atoms with Crippen molar-refractivity contribution in [2.24, 2.45) is 23.3 Å². The van der Waals surface area contributed by atoms with E-state index in [1.807, 2.05) is 0 Å². The lowest BCUT2D eigenvalue weighted by Gasteiger charge is -2.21. The fraction of sp³-hybridized carbons (Fsp3) is 0.800. The van der Waals surface area contributed by atoms with Crippen molar-refractivity contribution in [3.8, 4) is 0 Å². The first-order valence-corrected chi connectivity index (χ1v) is 13.2. The molecular formula is C25H51N7O5. The quantitative estimate of drug-likeness (QED) is 0.0649. The molecule has 0 aromatic rings. The van der Waals surface area contributed by atoms with E-state index in [9.17, 15) is 14.4 Å². The molecule has 0 aromatic heterocycles. The number of ketones is 1. The van der Waals surface area contributed by atoms with Gasteiger partial charge in [-0.15, -0.1) is 0 Å². The van der Waals surface area contributed by atoms with Crippen molar-refractivity contribution in [3.05, 3.63) is 12.3 Å². The molecule has 0 bridgehead atoms. The lowest BCUT2D eigenvalue weighted by Crippen LogP contribution is -2.37. The van der Waals surface area contributed by atoms with Crippen LogP contribution in [0, 0.1) is 11.8 Å². The van der Waals surface area contributed by atoms with Crippen molar-refractivity contribution in [2.45, 2.75) is 32.6 Å². The molecule has 0 aliphatic heterocycles. The average Bonchev–Trinajstić information content (AvgIpc) is 2.87. The van der Waals surface area contributed by atoms with Gasteiger partial charge in [0.05, 0.1) is 13.2 Å². The second kappa shape index (κ2) is 24.3. The highest BCUT2D eigenvalue weighted by Crippen LogP contribution is 2.19. The molecule has 0 heterocycles. The number of nitrogens with one attached hydrogen (secondary N) is 5. The monoisotopic (exact) mass is 529 g/mol. The Labute approximate surface area is 222 Å². The Morgan fingerprint density at radius 2 is 1.43 bits per heavy atom. The van der Waals surface area contributed by atoms with Crippen LogP contribution >= 0.6 is 0 Å². The van der Waals surface area contributed by atoms with Crippen LogP contribution in [0.2, 0.25) is 0 Å². The molecule has 12 heteroatoms. The smallest absolute Gasteiger partial charge is 0.223 e. The summed E-state index contributed by atoms with van der Waals surface area (Å²) in [5.41, 5.74) is 11.5. The van der Waals surface area contributed by atoms with E-state index < -0.39 is 5.92 Å². The van der Waals surface area contributed by atoms with E-state index in [-0.39, 0.29) is 42.8 Å². The number of carbonyl (C=O) groups excluding carboxylic acids is 3. The normalized spacial score (nSPS) is 12.5. The van der Waals surface area contributed by atoms with E-state index in [1.165, 1.54) is 0 Å². The van der Waals surface area contributed by atoms with Gasteiger partial charge in [-0.3, -0.25) is 14.4 Å². The summed E-state index contributed by atoms with van der Waals surface area (Å²) in [6.07, 6.45) is 1.11. The van der Waals surface area contributed by atoms with Gasteiger partial charge in [0.2, 0.25) is 11.8 Å². The van der Waals surface area contributed by atoms with E-state index in [2.05, 4.69) is 33.2 Å². The largest absolute Gasteiger partial charge is 0.388 e. The molecule has 0 aliphatic rings. The molecule has 0 aromatic carbocycles. The molecule has 0 spiro atoms. The maximum Gasteiger partial charge on any atom is 0.223 e. The van der Waals surface area contributed by atoms with Gasteiger partial charge < -0.3 is 47.5 Å². The van der Waals surface area contributed by atoms with Crippen LogP contribution in [0.15, 0.2) is 12.3 Å². The average molecular weight is 530 g/mol. The van der Waals surface area contributed by atoms with E-state index in [0.717, 1.165) is 6.42 Å². The Kier molecular flexibility index (Phi) is 22.9. The standard InChI is InChI=1S/C25H51N7O5/c1-20(25(35)32-13-11-29-9-6-27)17-23(33)18-22(19-24(34)31-12-10-28-8-5-26)21(2)30-7-4-14-37-16-15-36-3/h20,22,28-30H,2,4-19,26-27H2,1,3H3,(H,31,34)(H,32,35). The second-order valence-electron chi connectivity index (χ2n) is 8.88. The van der Waals surface area contributed by atoms with Gasteiger partial charge in [-0.25, -0.2) is 0 Å². The van der Waals surface area contributed by atoms with Crippen LogP contribution in [0.4, 0.5) is 0 Å². The lowest BCUT2D eigenvalue weighted by molar-refractivity contribution is -0.129. The maximum atomic E-state index is 12.8. The minimum atomic E-state index is -0.462. The third kappa shape index (κ3) is 20.6. The number of allylic oxidation sites excluding steroid dienone is 1. The first-order valence-electron chi connectivity index (χ1n) is 13.2. The zero-order chi connectivity index (χ0) is 27.7. The Bertz CT molecular complexity index is 637. The molecule has 0 fully saturated rings. The van der Waals surface area contributed by atoms with Gasteiger partial charge in [0.1, 0.15) is 5.78 Å². The second-order valence-corrected chi connectivity index (χ2v) is 8.88. The highest BCUT2D eigenvalue weighted by Gasteiger charge is 2.23. The molecule has 0 saturated carbocycles. The number of nitrogens with two attached hydrogens (primary N) is 2. The molecule has 2 amide bonds. The summed E-state index contributed by atoms with van der Waals surface area (Å²) in [6, 6.07) is 0. The molecular weight excluding hydrogens is 478 g/mol. The zero-order valence-corrected chi connectivity index (χ0v) is 22.9. The summed E-state index contributed by atoms with van der Waals surface area (Å²) in [7, 11) is 1.62. The van der Waals surface area contributed by atoms with Crippen molar-refractivity contribution in [1.82, 2.24) is 26.6 Å². The highest BCUT2D eigenvalue weighted by atomic mass is 16.5. The number of hydrogen-bond donors (Lipinski definition) is 7. The maximum absolute atomic E-state index is 12.8. The fourth-order valence-electron chi connectivity index (χ4n) is 3.41. The first-order chi connectivity index (χ1) is 17.8. The first kappa shape index (κ1) is 34.9. The van der Waals surface area contributed by atoms with Crippen molar-refractivity contribution in [2.75, 3.05) is 85.8 Å². The molecule has 37 heavy (non-hydrogen) atoms. The van der Waals surface area contributed by atoms with Crippen molar-refractivity contribution in [3.63, 3.8) is 0 Å². The number of amides is 2. The minimum Gasteiger partial charge on any atom is -0.388 e. The van der Waals surface area contributed by atoms with E-state index in [4.69, 9.17) is 20.9 Å². The van der Waals surface area contributed by atoms with Crippen molar-refractivity contribution >= 4 is 17.6 Å². The molecule has 0 aliphatic carbocycles. The molecule has 2 unspecified atom stereocenters. The predicted octanol–water partition coefficient (Wildman–Crippen LogP) is -1.54. The van der Waals surface area contributed by atoms with E-state index in [1.54, 1.807) is 14.0 Å². The number of rotatable bonds is 26. The van der Waals surface area contributed by atoms with Gasteiger partial charge in [-0.1, -0.05) is 13.5 Å². The van der Waals surface area contributed by atoms with Crippen LogP contribution in [0.3, 0.4) is 0 Å². The summed E-state index contributed by atoms with van der Waals surface area (Å²) in [5, 5.41) is 15.1. The highest BCUT2D eigenvalue weighted by molar-refractivity contribution is 5.87. The van der Waals surface area contributed by atoms with Crippen LogP contribution in [0.1, 0.15) is 32.6 Å². The number of methoxy groups -OCH3 is 1. The summed E-state index contributed by atoms with van der Waals surface area (Å²) in [5.74, 6) is -1.26. The van der Waals surface area contributed by atoms with Crippen LogP contribution in [-0.4, -0.2) is 103 Å². The molecule has 216 valence electrons. The number of hydrogen-bond acceptors (Lipinski definition) is 10. The van der Waals surface area contributed by atoms with Crippen LogP contribution in [0.5, 0.6) is 0 Å². The summed E-state index contributed by atoms with van der Waals surface area (Å²) in [4.78, 5) is 37.7. The topological polar surface area (TPSA) is 182 Å². The van der Waals surface area contributed by atoms with Crippen LogP contribution in [-0.2, 0) is 23.9 Å². The van der Waals surface area contributed by atoms with Gasteiger partial charge in [-0.05, 0) is 6.42 Å². The summed E-state index contributed by atoms with van der Waals surface area (Å²) < 4.78 is 10.4. The van der Waals surface area contributed by atoms with Crippen molar-refractivity contribution < 1.29 is 23.9 Å². The molecule has 12 nitrogen and oxygen atoms in total. The molecule has 0 rings (SSSR count). The predicted molar refractivity (Wildman–Crippen MR) is 146 cm³/mol. The Hall–Kier alpha value is -2.09. The van der Waals surface area contributed by atoms with Crippen LogP contribution in [0.25, 0.3) is 0 Å². The van der Waals surface area contributed by atoms with Crippen LogP contribution < -0.4 is 38.1 Å². The van der Waals surface area contributed by atoms with E-state index >= 15 is 0 Å². The van der Waals surface area contributed by atoms with Crippen molar-refractivity contribution in [1.29, 1.82) is 0 Å². The number of Topliss-reactive ketones (excluding diaryl/α,β-unsaturated/α-hetero) is 1. The molecule has 2 atom stereocenters. The molecule has 0 saturated heterocycles. The SMILES string of the molecule is C=C(NCCCOCCOC)C(CC(=O)CC(C)C(=O)NCCNCCN)CC(=O)NCCNCCN. The van der Waals surface area contributed by atoms with Gasteiger partial charge in [0, 0.05) is 109 Å². The van der Waals surface area contributed by atoms with E-state index in [0.29, 0.717) is 84.4 Å². The number of ether oxygens (including phenoxy) is 2. The summed E-state index contributed by atoms with van der Waals surface area (Å²) in [6.45, 7) is 12.7. The van der Waals surface area contributed by atoms with Gasteiger partial charge in [0.25, 0.3) is 0 Å². The number of carbonyl (C=O) groups is 3. The lowest BCUT2D eigenvalue weighted by atomic mass is 9.91. The zero-order valence-electron chi connectivity index (χ0n) is 22.9. The van der Waals surface area contributed by atoms with Gasteiger partial charge in [0.15, 0.2) is 0 Å². The van der Waals surface area contributed by atoms with Gasteiger partial charge in [-0.2, -0.15) is 0 Å². The minimum absolute atomic E-state index is 0.0860. The third-order valence-corrected chi connectivity index (χ3v) is 5.50. The molecule has 0 radical (unpaired) electrons. The third-order valence-electron chi connectivity index (χ3n) is 5.50. The Balaban J connectivity index is 4.71. The Morgan fingerprint density at radius 1 is 0.784 bits per heavy atom. The van der Waals surface area contributed by atoms with Gasteiger partial charge >= 0.3 is 0 Å².